The molecule has 2 aromatic rings. The Hall–Kier alpha value is -2.54. The summed E-state index contributed by atoms with van der Waals surface area (Å²) in [7, 11) is 1.77. The van der Waals surface area contributed by atoms with E-state index in [-0.39, 0.29) is 24.5 Å². The largest absolute Gasteiger partial charge is 0.317 e. The lowest BCUT2D eigenvalue weighted by Crippen LogP contribution is -2.27. The Morgan fingerprint density at radius 2 is 1.88 bits per heavy atom. The molecule has 0 aliphatic carbocycles. The van der Waals surface area contributed by atoms with Gasteiger partial charge >= 0.3 is 0 Å². The van der Waals surface area contributed by atoms with E-state index in [1.165, 1.54) is 0 Å². The molecular formula is C19H25N5O2. The predicted molar refractivity (Wildman–Crippen MR) is 99.2 cm³/mol. The van der Waals surface area contributed by atoms with E-state index in [2.05, 4.69) is 20.7 Å². The zero-order valence-corrected chi connectivity index (χ0v) is 15.3. The van der Waals surface area contributed by atoms with Crippen molar-refractivity contribution in [2.45, 2.75) is 38.5 Å². The first kappa shape index (κ1) is 18.3. The fourth-order valence-electron chi connectivity index (χ4n) is 3.06. The third-order valence-electron chi connectivity index (χ3n) is 4.69. The van der Waals surface area contributed by atoms with Crippen LogP contribution in [-0.4, -0.2) is 39.5 Å². The van der Waals surface area contributed by atoms with E-state index in [0.29, 0.717) is 17.4 Å². The summed E-state index contributed by atoms with van der Waals surface area (Å²) in [5, 5.41) is 10.5. The quantitative estimate of drug-likeness (QED) is 0.776. The highest BCUT2D eigenvalue weighted by Gasteiger charge is 2.21. The zero-order valence-electron chi connectivity index (χ0n) is 15.3. The van der Waals surface area contributed by atoms with Crippen LogP contribution in [0.2, 0.25) is 0 Å². The number of piperidine rings is 1. The van der Waals surface area contributed by atoms with Crippen molar-refractivity contribution in [2.75, 3.05) is 18.4 Å². The molecule has 0 spiro atoms. The van der Waals surface area contributed by atoms with Gasteiger partial charge in [0.15, 0.2) is 11.6 Å². The minimum Gasteiger partial charge on any atom is -0.317 e. The second-order valence-corrected chi connectivity index (χ2v) is 6.78. The predicted octanol–water partition coefficient (Wildman–Crippen LogP) is 2.19. The van der Waals surface area contributed by atoms with E-state index >= 15 is 0 Å². The highest BCUT2D eigenvalue weighted by atomic mass is 16.2. The van der Waals surface area contributed by atoms with Gasteiger partial charge in [-0.3, -0.25) is 14.9 Å². The Kier molecular flexibility index (Phi) is 5.78. The molecule has 1 aliphatic rings. The molecule has 1 saturated heterocycles. The number of amides is 1. The molecule has 2 heterocycles. The Morgan fingerprint density at radius 3 is 2.58 bits per heavy atom. The molecule has 26 heavy (non-hydrogen) atoms. The molecule has 0 saturated carbocycles. The van der Waals surface area contributed by atoms with Crippen molar-refractivity contribution in [1.82, 2.24) is 20.1 Å². The smallest absolute Gasteiger partial charge is 0.227 e. The van der Waals surface area contributed by atoms with Gasteiger partial charge < -0.3 is 5.32 Å². The second kappa shape index (κ2) is 8.23. The molecule has 0 unspecified atom stereocenters. The molecule has 3 rings (SSSR count). The normalized spacial score (nSPS) is 15.0. The first-order valence-corrected chi connectivity index (χ1v) is 9.04. The van der Waals surface area contributed by atoms with E-state index in [1.54, 1.807) is 23.9 Å². The van der Waals surface area contributed by atoms with Gasteiger partial charge in [-0.2, -0.15) is 10.1 Å². The number of hydrogen-bond donors (Lipinski definition) is 2. The van der Waals surface area contributed by atoms with Gasteiger partial charge in [-0.05, 0) is 32.9 Å². The lowest BCUT2D eigenvalue weighted by Gasteiger charge is -2.19. The summed E-state index contributed by atoms with van der Waals surface area (Å²) in [6.45, 7) is 3.90. The lowest BCUT2D eigenvalue weighted by molar-refractivity contribution is -0.116. The van der Waals surface area contributed by atoms with E-state index in [9.17, 15) is 9.59 Å². The standard InChI is InChI=1S/C19H25N5O2/c1-13-3-5-14(6-4-13)16(25)7-8-17(26)21-19-22-18(23-24(19)2)15-9-11-20-12-10-15/h3-6,15,20H,7-12H2,1-2H3,(H,21,22,23,26). The maximum absolute atomic E-state index is 12.2. The Labute approximate surface area is 153 Å². The molecule has 7 heteroatoms. The number of aromatic nitrogens is 3. The number of aryl methyl sites for hydroxylation is 2. The van der Waals surface area contributed by atoms with E-state index in [1.807, 2.05) is 19.1 Å². The summed E-state index contributed by atoms with van der Waals surface area (Å²) < 4.78 is 1.59. The highest BCUT2D eigenvalue weighted by Crippen LogP contribution is 2.23. The number of ketones is 1. The van der Waals surface area contributed by atoms with Gasteiger partial charge in [-0.15, -0.1) is 0 Å². The molecule has 1 fully saturated rings. The molecule has 1 amide bonds. The number of carbonyl (C=O) groups is 2. The number of rotatable bonds is 6. The number of carbonyl (C=O) groups excluding carboxylic acids is 2. The molecule has 0 bridgehead atoms. The summed E-state index contributed by atoms with van der Waals surface area (Å²) in [4.78, 5) is 28.8. The average molecular weight is 355 g/mol. The summed E-state index contributed by atoms with van der Waals surface area (Å²) in [6, 6.07) is 7.39. The first-order chi connectivity index (χ1) is 12.5. The summed E-state index contributed by atoms with van der Waals surface area (Å²) in [6.07, 6.45) is 2.31. The number of anilines is 1. The van der Waals surface area contributed by atoms with Crippen molar-refractivity contribution in [1.29, 1.82) is 0 Å². The molecule has 2 N–H and O–H groups in total. The first-order valence-electron chi connectivity index (χ1n) is 9.04. The van der Waals surface area contributed by atoms with Gasteiger partial charge in [0.2, 0.25) is 11.9 Å². The van der Waals surface area contributed by atoms with Gasteiger partial charge in [0, 0.05) is 31.4 Å². The van der Waals surface area contributed by atoms with Crippen LogP contribution >= 0.6 is 0 Å². The Balaban J connectivity index is 1.53. The summed E-state index contributed by atoms with van der Waals surface area (Å²) >= 11 is 0. The molecule has 0 atom stereocenters. The van der Waals surface area contributed by atoms with E-state index in [4.69, 9.17) is 0 Å². The van der Waals surface area contributed by atoms with Crippen LogP contribution in [0.5, 0.6) is 0 Å². The SMILES string of the molecule is Cc1ccc(C(=O)CCC(=O)Nc2nc(C3CCNCC3)nn2C)cc1. The maximum Gasteiger partial charge on any atom is 0.227 e. The molecular weight excluding hydrogens is 330 g/mol. The zero-order chi connectivity index (χ0) is 18.5. The van der Waals surface area contributed by atoms with Crippen LogP contribution in [-0.2, 0) is 11.8 Å². The minimum atomic E-state index is -0.224. The number of nitrogens with one attached hydrogen (secondary N) is 2. The van der Waals surface area contributed by atoms with Crippen molar-refractivity contribution in [3.05, 3.63) is 41.2 Å². The average Bonchev–Trinajstić information content (AvgIpc) is 3.01. The van der Waals surface area contributed by atoms with E-state index in [0.717, 1.165) is 37.3 Å². The summed E-state index contributed by atoms with van der Waals surface area (Å²) in [5.74, 6) is 1.29. The third-order valence-corrected chi connectivity index (χ3v) is 4.69. The molecule has 138 valence electrons. The molecule has 0 radical (unpaired) electrons. The molecule has 1 aromatic heterocycles. The van der Waals surface area contributed by atoms with Crippen LogP contribution in [0, 0.1) is 6.92 Å². The van der Waals surface area contributed by atoms with Crippen LogP contribution in [0.15, 0.2) is 24.3 Å². The van der Waals surface area contributed by atoms with Gasteiger partial charge in [0.05, 0.1) is 0 Å². The fraction of sp³-hybridized carbons (Fsp3) is 0.474. The van der Waals surface area contributed by atoms with Crippen molar-refractivity contribution in [3.63, 3.8) is 0 Å². The van der Waals surface area contributed by atoms with Crippen LogP contribution in [0.1, 0.15) is 53.3 Å². The van der Waals surface area contributed by atoms with E-state index < -0.39 is 0 Å². The van der Waals surface area contributed by atoms with Gasteiger partial charge in [0.1, 0.15) is 0 Å². The fourth-order valence-corrected chi connectivity index (χ4v) is 3.06. The third kappa shape index (κ3) is 4.54. The highest BCUT2D eigenvalue weighted by molar-refractivity contribution is 5.99. The maximum atomic E-state index is 12.2. The second-order valence-electron chi connectivity index (χ2n) is 6.78. The number of hydrogen-bond acceptors (Lipinski definition) is 5. The van der Waals surface area contributed by atoms with Crippen molar-refractivity contribution in [2.24, 2.45) is 7.05 Å². The van der Waals surface area contributed by atoms with Gasteiger partial charge in [-0.1, -0.05) is 29.8 Å². The van der Waals surface area contributed by atoms with Crippen LogP contribution < -0.4 is 10.6 Å². The number of Topliss-reactive ketones (excluding diaryl/α,β-unsaturated/α-hetero) is 1. The molecule has 1 aromatic carbocycles. The number of nitrogens with zero attached hydrogens (tertiary/aromatic N) is 3. The minimum absolute atomic E-state index is 0.0338. The van der Waals surface area contributed by atoms with Crippen molar-refractivity contribution in [3.8, 4) is 0 Å². The Bertz CT molecular complexity index is 776. The lowest BCUT2D eigenvalue weighted by atomic mass is 9.98. The van der Waals surface area contributed by atoms with Crippen LogP contribution in [0.3, 0.4) is 0 Å². The van der Waals surface area contributed by atoms with Crippen LogP contribution in [0.4, 0.5) is 5.95 Å². The van der Waals surface area contributed by atoms with Gasteiger partial charge in [-0.25, -0.2) is 4.68 Å². The van der Waals surface area contributed by atoms with Gasteiger partial charge in [0.25, 0.3) is 0 Å². The van der Waals surface area contributed by atoms with Crippen molar-refractivity contribution < 1.29 is 9.59 Å². The molecule has 7 nitrogen and oxygen atoms in total. The number of benzene rings is 1. The monoisotopic (exact) mass is 355 g/mol. The van der Waals surface area contributed by atoms with Crippen molar-refractivity contribution >= 4 is 17.6 Å². The topological polar surface area (TPSA) is 88.9 Å². The summed E-state index contributed by atoms with van der Waals surface area (Å²) in [5.41, 5.74) is 1.74. The molecule has 1 aliphatic heterocycles. The van der Waals surface area contributed by atoms with Crippen LogP contribution in [0.25, 0.3) is 0 Å². The Morgan fingerprint density at radius 1 is 1.19 bits per heavy atom.